The van der Waals surface area contributed by atoms with Crippen LogP contribution in [0, 0.1) is 0 Å². The molecule has 0 atom stereocenters. The molecule has 0 aromatic rings. The van der Waals surface area contributed by atoms with Crippen molar-refractivity contribution in [1.29, 1.82) is 0 Å². The summed E-state index contributed by atoms with van der Waals surface area (Å²) in [5.41, 5.74) is 0. The molecule has 0 saturated carbocycles. The molecule has 0 aliphatic rings. The smallest absolute Gasteiger partial charge is 0.246 e. The summed E-state index contributed by atoms with van der Waals surface area (Å²) in [6, 6.07) is 0.596. The summed E-state index contributed by atoms with van der Waals surface area (Å²) < 4.78 is 5.24. The number of hydrogen-bond donors (Lipinski definition) is 2. The van der Waals surface area contributed by atoms with Crippen molar-refractivity contribution in [3.05, 3.63) is 0 Å². The molecule has 20 heavy (non-hydrogen) atoms. The minimum absolute atomic E-state index is 0. The Balaban J connectivity index is -0.00000180. The van der Waals surface area contributed by atoms with Gasteiger partial charge in [0.15, 0.2) is 0 Å². The summed E-state index contributed by atoms with van der Waals surface area (Å²) in [5.74, 6) is -0.00143. The fourth-order valence-corrected chi connectivity index (χ4v) is 1.87. The Labute approximate surface area is 128 Å². The van der Waals surface area contributed by atoms with Crippen LogP contribution in [0.5, 0.6) is 0 Å². The van der Waals surface area contributed by atoms with Crippen molar-refractivity contribution in [2.75, 3.05) is 19.7 Å². The Kier molecular flexibility index (Phi) is 13.0. The summed E-state index contributed by atoms with van der Waals surface area (Å²) in [6.45, 7) is 10.3. The third-order valence-corrected chi connectivity index (χ3v) is 3.03. The molecule has 0 aromatic heterocycles. The molecular formula is C16H38N2O2. The summed E-state index contributed by atoms with van der Waals surface area (Å²) in [6.07, 6.45) is 7.51. The molecule has 4 heteroatoms. The Morgan fingerprint density at radius 1 is 0.950 bits per heavy atom. The molecule has 124 valence electrons. The fraction of sp³-hybridized carbons (Fsp3) is 0.938. The molecule has 0 aromatic carbocycles. The lowest BCUT2D eigenvalue weighted by atomic mass is 10.1. The average molecular weight is 290 g/mol. The van der Waals surface area contributed by atoms with Crippen molar-refractivity contribution >= 4 is 5.91 Å². The van der Waals surface area contributed by atoms with Gasteiger partial charge in [0.25, 0.3) is 0 Å². The van der Waals surface area contributed by atoms with E-state index in [0.717, 1.165) is 19.5 Å². The normalized spacial score (nSPS) is 11.3. The number of nitrogens with one attached hydrogen (secondary N) is 2. The monoisotopic (exact) mass is 290 g/mol. The van der Waals surface area contributed by atoms with E-state index in [1.54, 1.807) is 0 Å². The maximum absolute atomic E-state index is 11.4. The van der Waals surface area contributed by atoms with Crippen LogP contribution in [0.15, 0.2) is 0 Å². The summed E-state index contributed by atoms with van der Waals surface area (Å²) in [4.78, 5) is 11.4. The third-order valence-electron chi connectivity index (χ3n) is 3.03. The molecular weight excluding hydrogens is 252 g/mol. The maximum Gasteiger partial charge on any atom is 0.246 e. The highest BCUT2D eigenvalue weighted by atomic mass is 16.5. The van der Waals surface area contributed by atoms with E-state index >= 15 is 0 Å². The SMILES string of the molecule is CC(C)NCCCCCCCCNC(=O)COC(C)C.[HH].[HH]. The van der Waals surface area contributed by atoms with Crippen molar-refractivity contribution in [2.24, 2.45) is 0 Å². The van der Waals surface area contributed by atoms with E-state index in [1.807, 2.05) is 13.8 Å². The zero-order valence-corrected chi connectivity index (χ0v) is 13.8. The van der Waals surface area contributed by atoms with Gasteiger partial charge in [-0.15, -0.1) is 0 Å². The molecule has 0 spiro atoms. The predicted octanol–water partition coefficient (Wildman–Crippen LogP) is 3.36. The van der Waals surface area contributed by atoms with Crippen LogP contribution >= 0.6 is 0 Å². The fourth-order valence-electron chi connectivity index (χ4n) is 1.87. The second kappa shape index (κ2) is 13.4. The second-order valence-corrected chi connectivity index (χ2v) is 5.94. The van der Waals surface area contributed by atoms with Crippen LogP contribution in [-0.4, -0.2) is 37.7 Å². The van der Waals surface area contributed by atoms with E-state index in [2.05, 4.69) is 24.5 Å². The van der Waals surface area contributed by atoms with Gasteiger partial charge >= 0.3 is 0 Å². The first-order valence-electron chi connectivity index (χ1n) is 8.14. The topological polar surface area (TPSA) is 50.4 Å². The lowest BCUT2D eigenvalue weighted by molar-refractivity contribution is -0.127. The zero-order chi connectivity index (χ0) is 15.2. The number of carbonyl (C=O) groups excluding carboxylic acids is 1. The predicted molar refractivity (Wildman–Crippen MR) is 89.2 cm³/mol. The number of unbranched alkanes of at least 4 members (excludes halogenated alkanes) is 5. The number of ether oxygens (including phenoxy) is 1. The first-order chi connectivity index (χ1) is 9.52. The van der Waals surface area contributed by atoms with Crippen LogP contribution in [-0.2, 0) is 9.53 Å². The maximum atomic E-state index is 11.4. The van der Waals surface area contributed by atoms with Gasteiger partial charge in [0.1, 0.15) is 6.61 Å². The van der Waals surface area contributed by atoms with Crippen LogP contribution < -0.4 is 10.6 Å². The molecule has 2 N–H and O–H groups in total. The molecule has 0 radical (unpaired) electrons. The van der Waals surface area contributed by atoms with Gasteiger partial charge in [0, 0.05) is 15.4 Å². The first-order valence-corrected chi connectivity index (χ1v) is 8.14. The molecule has 0 aliphatic carbocycles. The van der Waals surface area contributed by atoms with E-state index in [1.165, 1.54) is 32.1 Å². The number of hydrogen-bond acceptors (Lipinski definition) is 3. The lowest BCUT2D eigenvalue weighted by Gasteiger charge is -2.08. The minimum Gasteiger partial charge on any atom is -0.369 e. The Morgan fingerprint density at radius 2 is 1.50 bits per heavy atom. The summed E-state index contributed by atoms with van der Waals surface area (Å²) >= 11 is 0. The second-order valence-electron chi connectivity index (χ2n) is 5.94. The van der Waals surface area contributed by atoms with E-state index in [0.29, 0.717) is 6.04 Å². The number of amides is 1. The highest BCUT2D eigenvalue weighted by molar-refractivity contribution is 5.77. The van der Waals surface area contributed by atoms with Gasteiger partial charge in [0.05, 0.1) is 6.10 Å². The molecule has 0 rings (SSSR count). The largest absolute Gasteiger partial charge is 0.369 e. The molecule has 0 fully saturated rings. The number of carbonyl (C=O) groups is 1. The van der Waals surface area contributed by atoms with E-state index in [9.17, 15) is 4.79 Å². The van der Waals surface area contributed by atoms with Crippen LogP contribution in [0.2, 0.25) is 0 Å². The van der Waals surface area contributed by atoms with Crippen molar-refractivity contribution in [2.45, 2.75) is 78.4 Å². The minimum atomic E-state index is -0.00143. The molecule has 0 bridgehead atoms. The molecule has 1 amide bonds. The Hall–Kier alpha value is -0.610. The van der Waals surface area contributed by atoms with Gasteiger partial charge in [0.2, 0.25) is 5.91 Å². The van der Waals surface area contributed by atoms with Crippen molar-refractivity contribution < 1.29 is 12.4 Å². The van der Waals surface area contributed by atoms with Gasteiger partial charge in [-0.05, 0) is 33.2 Å². The van der Waals surface area contributed by atoms with Crippen LogP contribution in [0.1, 0.15) is 69.1 Å². The molecule has 0 unspecified atom stereocenters. The lowest BCUT2D eigenvalue weighted by Crippen LogP contribution is -2.29. The van der Waals surface area contributed by atoms with Gasteiger partial charge < -0.3 is 15.4 Å². The zero-order valence-electron chi connectivity index (χ0n) is 13.8. The molecule has 0 heterocycles. The average Bonchev–Trinajstić information content (AvgIpc) is 2.38. The highest BCUT2D eigenvalue weighted by Crippen LogP contribution is 2.04. The standard InChI is InChI=1S/C16H34N2O2.2H2/c1-14(2)17-11-9-7-5-6-8-10-12-18-16(19)13-20-15(3)4;;/h14-15,17H,5-13H2,1-4H3,(H,18,19);2*1H. The van der Waals surface area contributed by atoms with Crippen LogP contribution in [0.4, 0.5) is 0 Å². The highest BCUT2D eigenvalue weighted by Gasteiger charge is 2.01. The van der Waals surface area contributed by atoms with Gasteiger partial charge in [-0.2, -0.15) is 0 Å². The summed E-state index contributed by atoms with van der Waals surface area (Å²) in [7, 11) is 0. The van der Waals surface area contributed by atoms with Gasteiger partial charge in [-0.25, -0.2) is 0 Å². The van der Waals surface area contributed by atoms with Crippen LogP contribution in [0.25, 0.3) is 0 Å². The van der Waals surface area contributed by atoms with Gasteiger partial charge in [-0.3, -0.25) is 4.79 Å². The third kappa shape index (κ3) is 15.4. The first kappa shape index (κ1) is 19.4. The van der Waals surface area contributed by atoms with Crippen molar-refractivity contribution in [3.8, 4) is 0 Å². The molecule has 0 aliphatic heterocycles. The van der Waals surface area contributed by atoms with Crippen LogP contribution in [0.3, 0.4) is 0 Å². The molecule has 4 nitrogen and oxygen atoms in total. The van der Waals surface area contributed by atoms with Gasteiger partial charge in [-0.1, -0.05) is 39.5 Å². The number of rotatable bonds is 13. The Bertz CT molecular complexity index is 240. The van der Waals surface area contributed by atoms with E-state index in [-0.39, 0.29) is 21.5 Å². The van der Waals surface area contributed by atoms with Crippen molar-refractivity contribution in [3.63, 3.8) is 0 Å². The molecule has 0 saturated heterocycles. The van der Waals surface area contributed by atoms with Crippen molar-refractivity contribution in [1.82, 2.24) is 10.6 Å². The van der Waals surface area contributed by atoms with E-state index in [4.69, 9.17) is 4.74 Å². The quantitative estimate of drug-likeness (QED) is 0.511. The summed E-state index contributed by atoms with van der Waals surface area (Å²) in [5, 5.41) is 6.32. The Morgan fingerprint density at radius 3 is 2.05 bits per heavy atom. The van der Waals surface area contributed by atoms with E-state index < -0.39 is 0 Å².